The number of sulfonamides is 1. The van der Waals surface area contributed by atoms with Gasteiger partial charge in [0.2, 0.25) is 10.0 Å². The minimum atomic E-state index is -3.48. The van der Waals surface area contributed by atoms with Gasteiger partial charge in [0.05, 0.1) is 4.90 Å². The molecule has 0 aliphatic carbocycles. The van der Waals surface area contributed by atoms with Crippen molar-refractivity contribution >= 4 is 21.7 Å². The fourth-order valence-corrected chi connectivity index (χ4v) is 2.39. The fraction of sp³-hybridized carbons (Fsp3) is 0.462. The maximum absolute atomic E-state index is 11.6. The van der Waals surface area contributed by atoms with Crippen LogP contribution in [-0.2, 0) is 14.8 Å². The van der Waals surface area contributed by atoms with E-state index in [-0.39, 0.29) is 4.90 Å². The van der Waals surface area contributed by atoms with Crippen LogP contribution in [0.25, 0.3) is 0 Å². The highest BCUT2D eigenvalue weighted by atomic mass is 32.2. The molecule has 1 rings (SSSR count). The number of nitrogens with one attached hydrogen (secondary N) is 2. The summed E-state index contributed by atoms with van der Waals surface area (Å²) in [6.45, 7) is 5.45. The minimum absolute atomic E-state index is 0.133. The summed E-state index contributed by atoms with van der Waals surface area (Å²) in [5, 5.41) is 12.1. The van der Waals surface area contributed by atoms with Crippen LogP contribution < -0.4 is 10.0 Å². The number of hydrogen-bond donors (Lipinski definition) is 3. The Morgan fingerprint density at radius 3 is 2.05 bits per heavy atom. The predicted molar refractivity (Wildman–Crippen MR) is 77.2 cm³/mol. The Kier molecular flexibility index (Phi) is 4.77. The van der Waals surface area contributed by atoms with E-state index in [0.717, 1.165) is 0 Å². The highest BCUT2D eigenvalue weighted by Crippen LogP contribution is 2.24. The van der Waals surface area contributed by atoms with Crippen molar-refractivity contribution in [3.05, 3.63) is 24.3 Å². The molecule has 0 aliphatic rings. The first-order valence-electron chi connectivity index (χ1n) is 6.11. The number of rotatable bonds is 5. The average molecular weight is 300 g/mol. The molecule has 0 aromatic heterocycles. The SMILES string of the molecule is CNS(=O)(=O)c1ccc(NC(C(=O)O)C(C)(C)C)cc1. The topological polar surface area (TPSA) is 95.5 Å². The van der Waals surface area contributed by atoms with E-state index in [2.05, 4.69) is 10.0 Å². The Morgan fingerprint density at radius 2 is 1.70 bits per heavy atom. The van der Waals surface area contributed by atoms with Crippen molar-refractivity contribution in [2.24, 2.45) is 5.41 Å². The summed E-state index contributed by atoms with van der Waals surface area (Å²) < 4.78 is 25.4. The van der Waals surface area contributed by atoms with Gasteiger partial charge in [0.25, 0.3) is 0 Å². The van der Waals surface area contributed by atoms with Gasteiger partial charge in [-0.1, -0.05) is 20.8 Å². The normalized spacial score (nSPS) is 13.8. The van der Waals surface area contributed by atoms with E-state index >= 15 is 0 Å². The van der Waals surface area contributed by atoms with E-state index in [0.29, 0.717) is 5.69 Å². The van der Waals surface area contributed by atoms with Gasteiger partial charge in [0.15, 0.2) is 0 Å². The molecule has 0 amide bonds. The molecule has 0 heterocycles. The van der Waals surface area contributed by atoms with Crippen LogP contribution in [0.2, 0.25) is 0 Å². The molecule has 0 radical (unpaired) electrons. The lowest BCUT2D eigenvalue weighted by molar-refractivity contribution is -0.140. The molecule has 7 heteroatoms. The summed E-state index contributed by atoms with van der Waals surface area (Å²) in [6.07, 6.45) is 0. The molecular weight excluding hydrogens is 280 g/mol. The zero-order valence-electron chi connectivity index (χ0n) is 12.0. The largest absolute Gasteiger partial charge is 0.480 e. The first kappa shape index (κ1) is 16.5. The van der Waals surface area contributed by atoms with Crippen LogP contribution in [0.3, 0.4) is 0 Å². The number of carboxylic acids is 1. The molecule has 1 aromatic rings. The van der Waals surface area contributed by atoms with Gasteiger partial charge in [-0.25, -0.2) is 17.9 Å². The van der Waals surface area contributed by atoms with E-state index in [1.165, 1.54) is 19.2 Å². The Labute approximate surface area is 119 Å². The fourth-order valence-electron chi connectivity index (χ4n) is 1.66. The van der Waals surface area contributed by atoms with Crippen molar-refractivity contribution in [1.82, 2.24) is 4.72 Å². The van der Waals surface area contributed by atoms with E-state index in [1.807, 2.05) is 20.8 Å². The van der Waals surface area contributed by atoms with Crippen LogP contribution in [0, 0.1) is 5.41 Å². The van der Waals surface area contributed by atoms with Gasteiger partial charge in [-0.05, 0) is 36.7 Å². The smallest absolute Gasteiger partial charge is 0.326 e. The molecule has 6 nitrogen and oxygen atoms in total. The molecule has 0 fully saturated rings. The molecule has 0 aliphatic heterocycles. The average Bonchev–Trinajstić information content (AvgIpc) is 2.34. The number of benzene rings is 1. The third-order valence-electron chi connectivity index (χ3n) is 2.86. The lowest BCUT2D eigenvalue weighted by Crippen LogP contribution is -2.41. The van der Waals surface area contributed by atoms with Crippen LogP contribution in [0.15, 0.2) is 29.2 Å². The number of carboxylic acid groups (broad SMARTS) is 1. The second kappa shape index (κ2) is 5.80. The summed E-state index contributed by atoms with van der Waals surface area (Å²) >= 11 is 0. The maximum Gasteiger partial charge on any atom is 0.326 e. The van der Waals surface area contributed by atoms with E-state index < -0.39 is 27.4 Å². The van der Waals surface area contributed by atoms with Gasteiger partial charge < -0.3 is 10.4 Å². The summed E-state index contributed by atoms with van der Waals surface area (Å²) in [7, 11) is -2.15. The van der Waals surface area contributed by atoms with Crippen LogP contribution in [-0.4, -0.2) is 32.6 Å². The summed E-state index contributed by atoms with van der Waals surface area (Å²) in [5.41, 5.74) is 0.0871. The highest BCUT2D eigenvalue weighted by molar-refractivity contribution is 7.89. The molecule has 0 bridgehead atoms. The monoisotopic (exact) mass is 300 g/mol. The molecule has 1 atom stereocenters. The lowest BCUT2D eigenvalue weighted by atomic mass is 9.86. The molecule has 1 aromatic carbocycles. The molecule has 112 valence electrons. The van der Waals surface area contributed by atoms with E-state index in [4.69, 9.17) is 0 Å². The zero-order chi connectivity index (χ0) is 15.6. The van der Waals surface area contributed by atoms with Crippen LogP contribution in [0.5, 0.6) is 0 Å². The summed E-state index contributed by atoms with van der Waals surface area (Å²) in [5.74, 6) is -0.954. The van der Waals surface area contributed by atoms with Gasteiger partial charge in [-0.3, -0.25) is 0 Å². The van der Waals surface area contributed by atoms with Gasteiger partial charge in [0, 0.05) is 5.69 Å². The van der Waals surface area contributed by atoms with Crippen molar-refractivity contribution < 1.29 is 18.3 Å². The Morgan fingerprint density at radius 1 is 1.20 bits per heavy atom. The standard InChI is InChI=1S/C13H20N2O4S/c1-13(2,3)11(12(16)17)15-9-5-7-10(8-6-9)20(18,19)14-4/h5-8,11,14-15H,1-4H3,(H,16,17). The van der Waals surface area contributed by atoms with Crippen molar-refractivity contribution in [2.45, 2.75) is 31.7 Å². The Bertz CT molecular complexity index is 573. The number of hydrogen-bond acceptors (Lipinski definition) is 4. The second-order valence-corrected chi connectivity index (χ2v) is 7.40. The number of anilines is 1. The minimum Gasteiger partial charge on any atom is -0.480 e. The van der Waals surface area contributed by atoms with E-state index in [1.54, 1.807) is 12.1 Å². The van der Waals surface area contributed by atoms with Gasteiger partial charge in [-0.2, -0.15) is 0 Å². The number of aliphatic carboxylic acids is 1. The zero-order valence-corrected chi connectivity index (χ0v) is 12.8. The number of carbonyl (C=O) groups is 1. The lowest BCUT2D eigenvalue weighted by Gasteiger charge is -2.28. The van der Waals surface area contributed by atoms with Crippen LogP contribution in [0.4, 0.5) is 5.69 Å². The Balaban J connectivity index is 2.98. The molecule has 0 saturated heterocycles. The first-order valence-corrected chi connectivity index (χ1v) is 7.59. The third-order valence-corrected chi connectivity index (χ3v) is 4.29. The summed E-state index contributed by atoms with van der Waals surface area (Å²) in [4.78, 5) is 11.4. The van der Waals surface area contributed by atoms with Gasteiger partial charge in [0.1, 0.15) is 6.04 Å². The van der Waals surface area contributed by atoms with Crippen molar-refractivity contribution in [3.8, 4) is 0 Å². The predicted octanol–water partition coefficient (Wildman–Crippen LogP) is 1.51. The summed E-state index contributed by atoms with van der Waals surface area (Å²) in [6, 6.07) is 5.18. The van der Waals surface area contributed by atoms with Crippen molar-refractivity contribution in [2.75, 3.05) is 12.4 Å². The van der Waals surface area contributed by atoms with Crippen molar-refractivity contribution in [1.29, 1.82) is 0 Å². The quantitative estimate of drug-likeness (QED) is 0.766. The van der Waals surface area contributed by atoms with Crippen LogP contribution in [0.1, 0.15) is 20.8 Å². The Hall–Kier alpha value is -1.60. The molecule has 0 saturated carbocycles. The highest BCUT2D eigenvalue weighted by Gasteiger charge is 2.31. The molecule has 1 unspecified atom stereocenters. The van der Waals surface area contributed by atoms with Gasteiger partial charge in [-0.15, -0.1) is 0 Å². The van der Waals surface area contributed by atoms with Crippen LogP contribution >= 0.6 is 0 Å². The molecular formula is C13H20N2O4S. The second-order valence-electron chi connectivity index (χ2n) is 5.51. The van der Waals surface area contributed by atoms with Crippen molar-refractivity contribution in [3.63, 3.8) is 0 Å². The molecule has 3 N–H and O–H groups in total. The van der Waals surface area contributed by atoms with Gasteiger partial charge >= 0.3 is 5.97 Å². The molecule has 0 spiro atoms. The maximum atomic E-state index is 11.6. The first-order chi connectivity index (χ1) is 9.08. The van der Waals surface area contributed by atoms with E-state index in [9.17, 15) is 18.3 Å². The third kappa shape index (κ3) is 3.94. The molecule has 20 heavy (non-hydrogen) atoms.